The van der Waals surface area contributed by atoms with Gasteiger partial charge in [0.2, 0.25) is 0 Å². The Morgan fingerprint density at radius 2 is 1.79 bits per heavy atom. The van der Waals surface area contributed by atoms with Gasteiger partial charge in [0, 0.05) is 44.6 Å². The van der Waals surface area contributed by atoms with E-state index in [1.807, 2.05) is 26.0 Å². The molecule has 0 amide bonds. The second-order valence-electron chi connectivity index (χ2n) is 4.22. The van der Waals surface area contributed by atoms with Crippen molar-refractivity contribution in [1.82, 2.24) is 9.88 Å². The summed E-state index contributed by atoms with van der Waals surface area (Å²) in [6.45, 7) is 9.46. The molecule has 19 heavy (non-hydrogen) atoms. The standard InChI is InChI=1S/C14H25N3O2/c1-3-18-10-8-17(9-11-19-4-2)12-13-6-5-7-16-14(13)15/h5-7H,3-4,8-12H2,1-2H3,(H2,15,16). The van der Waals surface area contributed by atoms with Crippen LogP contribution in [0.25, 0.3) is 0 Å². The van der Waals surface area contributed by atoms with Crippen LogP contribution in [0.3, 0.4) is 0 Å². The van der Waals surface area contributed by atoms with E-state index in [4.69, 9.17) is 15.2 Å². The number of hydrogen-bond acceptors (Lipinski definition) is 5. The van der Waals surface area contributed by atoms with Crippen molar-refractivity contribution < 1.29 is 9.47 Å². The second kappa shape index (κ2) is 9.72. The first-order chi connectivity index (χ1) is 9.27. The number of nitrogens with zero attached hydrogens (tertiary/aromatic N) is 2. The van der Waals surface area contributed by atoms with Crippen LogP contribution in [-0.4, -0.2) is 49.4 Å². The third-order valence-corrected chi connectivity index (χ3v) is 2.83. The van der Waals surface area contributed by atoms with Crippen LogP contribution in [0.5, 0.6) is 0 Å². The Morgan fingerprint density at radius 3 is 2.32 bits per heavy atom. The molecule has 0 saturated heterocycles. The minimum Gasteiger partial charge on any atom is -0.383 e. The lowest BCUT2D eigenvalue weighted by molar-refractivity contribution is 0.0798. The number of anilines is 1. The largest absolute Gasteiger partial charge is 0.383 e. The number of nitrogens with two attached hydrogens (primary N) is 1. The third kappa shape index (κ3) is 6.52. The van der Waals surface area contributed by atoms with E-state index in [1.54, 1.807) is 6.20 Å². The van der Waals surface area contributed by atoms with Gasteiger partial charge >= 0.3 is 0 Å². The molecule has 1 aromatic rings. The summed E-state index contributed by atoms with van der Waals surface area (Å²) in [5, 5.41) is 0. The predicted molar refractivity (Wildman–Crippen MR) is 76.9 cm³/mol. The Morgan fingerprint density at radius 1 is 1.16 bits per heavy atom. The van der Waals surface area contributed by atoms with Crippen molar-refractivity contribution in [2.75, 3.05) is 45.3 Å². The van der Waals surface area contributed by atoms with E-state index in [9.17, 15) is 0 Å². The molecule has 0 saturated carbocycles. The van der Waals surface area contributed by atoms with Gasteiger partial charge in [0.15, 0.2) is 0 Å². The second-order valence-corrected chi connectivity index (χ2v) is 4.22. The molecule has 0 aromatic carbocycles. The van der Waals surface area contributed by atoms with Gasteiger partial charge in [-0.1, -0.05) is 6.07 Å². The molecule has 1 aromatic heterocycles. The van der Waals surface area contributed by atoms with E-state index in [2.05, 4.69) is 9.88 Å². The van der Waals surface area contributed by atoms with Crippen molar-refractivity contribution in [2.24, 2.45) is 0 Å². The van der Waals surface area contributed by atoms with Crippen molar-refractivity contribution in [3.63, 3.8) is 0 Å². The minimum atomic E-state index is 0.598. The van der Waals surface area contributed by atoms with Crippen LogP contribution in [-0.2, 0) is 16.0 Å². The quantitative estimate of drug-likeness (QED) is 0.652. The van der Waals surface area contributed by atoms with Crippen molar-refractivity contribution in [3.8, 4) is 0 Å². The van der Waals surface area contributed by atoms with Gasteiger partial charge in [-0.05, 0) is 19.9 Å². The Balaban J connectivity index is 2.49. The monoisotopic (exact) mass is 267 g/mol. The van der Waals surface area contributed by atoms with Gasteiger partial charge in [0.05, 0.1) is 13.2 Å². The number of pyridine rings is 1. The molecule has 0 aliphatic carbocycles. The molecule has 0 aliphatic heterocycles. The third-order valence-electron chi connectivity index (χ3n) is 2.83. The average Bonchev–Trinajstić information content (AvgIpc) is 2.41. The van der Waals surface area contributed by atoms with Crippen LogP contribution >= 0.6 is 0 Å². The van der Waals surface area contributed by atoms with Crippen molar-refractivity contribution in [2.45, 2.75) is 20.4 Å². The molecule has 108 valence electrons. The summed E-state index contributed by atoms with van der Waals surface area (Å²) in [5.74, 6) is 0.598. The molecule has 0 fully saturated rings. The highest BCUT2D eigenvalue weighted by Gasteiger charge is 2.08. The Hall–Kier alpha value is -1.17. The molecule has 0 unspecified atom stereocenters. The minimum absolute atomic E-state index is 0.598. The molecular weight excluding hydrogens is 242 g/mol. The highest BCUT2D eigenvalue weighted by molar-refractivity contribution is 5.38. The highest BCUT2D eigenvalue weighted by atomic mass is 16.5. The van der Waals surface area contributed by atoms with Crippen LogP contribution < -0.4 is 5.73 Å². The number of ether oxygens (including phenoxy) is 2. The molecule has 0 spiro atoms. The van der Waals surface area contributed by atoms with Gasteiger partial charge < -0.3 is 15.2 Å². The molecule has 2 N–H and O–H groups in total. The first-order valence-electron chi connectivity index (χ1n) is 6.85. The average molecular weight is 267 g/mol. The fraction of sp³-hybridized carbons (Fsp3) is 0.643. The van der Waals surface area contributed by atoms with Gasteiger partial charge in [-0.25, -0.2) is 4.98 Å². The maximum absolute atomic E-state index is 5.88. The van der Waals surface area contributed by atoms with Crippen LogP contribution in [0.1, 0.15) is 19.4 Å². The number of rotatable bonds is 10. The zero-order valence-corrected chi connectivity index (χ0v) is 12.0. The summed E-state index contributed by atoms with van der Waals surface area (Å²) in [6.07, 6.45) is 1.71. The van der Waals surface area contributed by atoms with Crippen LogP contribution in [0, 0.1) is 0 Å². The first kappa shape index (κ1) is 15.9. The van der Waals surface area contributed by atoms with E-state index >= 15 is 0 Å². The van der Waals surface area contributed by atoms with Crippen LogP contribution in [0.15, 0.2) is 18.3 Å². The fourth-order valence-electron chi connectivity index (χ4n) is 1.77. The molecule has 1 heterocycles. The van der Waals surface area contributed by atoms with Crippen molar-refractivity contribution in [1.29, 1.82) is 0 Å². The topological polar surface area (TPSA) is 60.6 Å². The summed E-state index contributed by atoms with van der Waals surface area (Å²) in [4.78, 5) is 6.39. The lowest BCUT2D eigenvalue weighted by Crippen LogP contribution is -2.31. The SMILES string of the molecule is CCOCCN(CCOCC)Cc1cccnc1N. The summed E-state index contributed by atoms with van der Waals surface area (Å²) < 4.78 is 10.8. The van der Waals surface area contributed by atoms with Gasteiger partial charge in [-0.2, -0.15) is 0 Å². The Bertz CT molecular complexity index is 337. The van der Waals surface area contributed by atoms with E-state index < -0.39 is 0 Å². The molecule has 0 bridgehead atoms. The maximum Gasteiger partial charge on any atom is 0.127 e. The summed E-state index contributed by atoms with van der Waals surface area (Å²) in [7, 11) is 0. The Labute approximate surface area is 115 Å². The van der Waals surface area contributed by atoms with E-state index in [0.717, 1.165) is 51.6 Å². The molecule has 5 heteroatoms. The van der Waals surface area contributed by atoms with Crippen LogP contribution in [0.4, 0.5) is 5.82 Å². The fourth-order valence-corrected chi connectivity index (χ4v) is 1.77. The summed E-state index contributed by atoms with van der Waals surface area (Å²) in [5.41, 5.74) is 6.93. The summed E-state index contributed by atoms with van der Waals surface area (Å²) >= 11 is 0. The zero-order chi connectivity index (χ0) is 13.9. The molecule has 0 radical (unpaired) electrons. The smallest absolute Gasteiger partial charge is 0.127 e. The van der Waals surface area contributed by atoms with Gasteiger partial charge in [-0.3, -0.25) is 4.90 Å². The lowest BCUT2D eigenvalue weighted by Gasteiger charge is -2.22. The van der Waals surface area contributed by atoms with Gasteiger partial charge in [0.1, 0.15) is 5.82 Å². The van der Waals surface area contributed by atoms with Gasteiger partial charge in [-0.15, -0.1) is 0 Å². The number of hydrogen-bond donors (Lipinski definition) is 1. The highest BCUT2D eigenvalue weighted by Crippen LogP contribution is 2.10. The summed E-state index contributed by atoms with van der Waals surface area (Å²) in [6, 6.07) is 3.92. The normalized spacial score (nSPS) is 11.1. The molecular formula is C14H25N3O2. The molecule has 5 nitrogen and oxygen atoms in total. The lowest BCUT2D eigenvalue weighted by atomic mass is 10.2. The molecule has 0 aliphatic rings. The molecule has 1 rings (SSSR count). The van der Waals surface area contributed by atoms with E-state index in [0.29, 0.717) is 5.82 Å². The zero-order valence-electron chi connectivity index (χ0n) is 12.0. The first-order valence-corrected chi connectivity index (χ1v) is 6.85. The van der Waals surface area contributed by atoms with E-state index in [-0.39, 0.29) is 0 Å². The Kier molecular flexibility index (Phi) is 8.13. The number of nitrogen functional groups attached to an aromatic ring is 1. The van der Waals surface area contributed by atoms with Crippen molar-refractivity contribution >= 4 is 5.82 Å². The predicted octanol–water partition coefficient (Wildman–Crippen LogP) is 1.54. The van der Waals surface area contributed by atoms with Crippen LogP contribution in [0.2, 0.25) is 0 Å². The number of aromatic nitrogens is 1. The van der Waals surface area contributed by atoms with Gasteiger partial charge in [0.25, 0.3) is 0 Å². The van der Waals surface area contributed by atoms with Crippen molar-refractivity contribution in [3.05, 3.63) is 23.9 Å². The maximum atomic E-state index is 5.88. The molecule has 0 atom stereocenters. The van der Waals surface area contributed by atoms with E-state index in [1.165, 1.54) is 0 Å².